The van der Waals surface area contributed by atoms with Crippen LogP contribution in [0.25, 0.3) is 0 Å². The first-order valence-electron chi connectivity index (χ1n) is 7.38. The number of benzene rings is 1. The van der Waals surface area contributed by atoms with Gasteiger partial charge in [0.15, 0.2) is 5.78 Å². The Hall–Kier alpha value is -1.88. The van der Waals surface area contributed by atoms with Crippen LogP contribution < -0.4 is 10.6 Å². The average molecular weight is 290 g/mol. The predicted octanol–water partition coefficient (Wildman–Crippen LogP) is 2.56. The van der Waals surface area contributed by atoms with Crippen molar-refractivity contribution in [3.63, 3.8) is 0 Å². The number of urea groups is 1. The highest BCUT2D eigenvalue weighted by Crippen LogP contribution is 2.23. The van der Waals surface area contributed by atoms with E-state index in [-0.39, 0.29) is 17.9 Å². The first-order valence-corrected chi connectivity index (χ1v) is 7.38. The van der Waals surface area contributed by atoms with E-state index in [9.17, 15) is 14.7 Å². The molecule has 0 unspecified atom stereocenters. The number of rotatable bonds is 4. The van der Waals surface area contributed by atoms with Gasteiger partial charge >= 0.3 is 6.03 Å². The largest absolute Gasteiger partial charge is 0.393 e. The second-order valence-corrected chi connectivity index (χ2v) is 5.64. The molecule has 1 saturated carbocycles. The number of aliphatic hydroxyl groups is 1. The summed E-state index contributed by atoms with van der Waals surface area (Å²) in [5.74, 6) is 0.449. The molecule has 0 atom stereocenters. The molecule has 1 aromatic rings. The van der Waals surface area contributed by atoms with Gasteiger partial charge in [0.1, 0.15) is 0 Å². The van der Waals surface area contributed by atoms with Crippen molar-refractivity contribution in [1.29, 1.82) is 0 Å². The highest BCUT2D eigenvalue weighted by molar-refractivity contribution is 5.95. The highest BCUT2D eigenvalue weighted by Gasteiger charge is 2.19. The van der Waals surface area contributed by atoms with Gasteiger partial charge in [0.25, 0.3) is 0 Å². The molecule has 0 bridgehead atoms. The van der Waals surface area contributed by atoms with Crippen molar-refractivity contribution in [3.8, 4) is 0 Å². The lowest BCUT2D eigenvalue weighted by molar-refractivity contribution is 0.101. The number of hydrogen-bond donors (Lipinski definition) is 3. The highest BCUT2D eigenvalue weighted by atomic mass is 16.3. The molecule has 1 aromatic carbocycles. The zero-order valence-electron chi connectivity index (χ0n) is 12.3. The molecule has 0 spiro atoms. The Labute approximate surface area is 124 Å². The summed E-state index contributed by atoms with van der Waals surface area (Å²) in [7, 11) is 0. The number of nitrogens with one attached hydrogen (secondary N) is 2. The summed E-state index contributed by atoms with van der Waals surface area (Å²) in [6.07, 6.45) is 3.37. The van der Waals surface area contributed by atoms with Crippen molar-refractivity contribution in [2.75, 3.05) is 11.9 Å². The Morgan fingerprint density at radius 2 is 1.76 bits per heavy atom. The van der Waals surface area contributed by atoms with Crippen LogP contribution in [-0.2, 0) is 0 Å². The molecule has 0 radical (unpaired) electrons. The van der Waals surface area contributed by atoms with Gasteiger partial charge in [-0.25, -0.2) is 4.79 Å². The molecule has 21 heavy (non-hydrogen) atoms. The number of Topliss-reactive ketones (excluding diaryl/α,β-unsaturated/α-hetero) is 1. The minimum Gasteiger partial charge on any atom is -0.393 e. The molecule has 1 fully saturated rings. The molecule has 5 heteroatoms. The van der Waals surface area contributed by atoms with E-state index in [4.69, 9.17) is 0 Å². The Kier molecular flexibility index (Phi) is 5.33. The number of amides is 2. The maximum Gasteiger partial charge on any atom is 0.319 e. The minimum absolute atomic E-state index is 0.00508. The van der Waals surface area contributed by atoms with Crippen molar-refractivity contribution in [3.05, 3.63) is 29.8 Å². The molecule has 0 heterocycles. The van der Waals surface area contributed by atoms with Crippen LogP contribution in [0.3, 0.4) is 0 Å². The molecule has 114 valence electrons. The Morgan fingerprint density at radius 3 is 2.33 bits per heavy atom. The van der Waals surface area contributed by atoms with Crippen molar-refractivity contribution >= 4 is 17.5 Å². The van der Waals surface area contributed by atoms with E-state index >= 15 is 0 Å². The van der Waals surface area contributed by atoms with Crippen LogP contribution in [-0.4, -0.2) is 29.6 Å². The summed E-state index contributed by atoms with van der Waals surface area (Å²) in [4.78, 5) is 23.0. The number of anilines is 1. The smallest absolute Gasteiger partial charge is 0.319 e. The third-order valence-corrected chi connectivity index (χ3v) is 3.92. The molecule has 2 rings (SSSR count). The fourth-order valence-electron chi connectivity index (χ4n) is 2.55. The molecular weight excluding hydrogens is 268 g/mol. The van der Waals surface area contributed by atoms with E-state index in [1.165, 1.54) is 6.92 Å². The van der Waals surface area contributed by atoms with Crippen LogP contribution >= 0.6 is 0 Å². The van der Waals surface area contributed by atoms with E-state index in [1.807, 2.05) is 0 Å². The van der Waals surface area contributed by atoms with Crippen LogP contribution in [0.1, 0.15) is 43.0 Å². The minimum atomic E-state index is -0.239. The second-order valence-electron chi connectivity index (χ2n) is 5.64. The SMILES string of the molecule is CC(=O)c1ccc(NC(=O)NCC2CCC(O)CC2)cc1. The topological polar surface area (TPSA) is 78.4 Å². The number of hydrogen-bond acceptors (Lipinski definition) is 3. The molecule has 3 N–H and O–H groups in total. The number of aliphatic hydroxyl groups excluding tert-OH is 1. The zero-order chi connectivity index (χ0) is 15.2. The Morgan fingerprint density at radius 1 is 1.14 bits per heavy atom. The van der Waals surface area contributed by atoms with Crippen LogP contribution in [0.4, 0.5) is 10.5 Å². The lowest BCUT2D eigenvalue weighted by atomic mass is 9.87. The summed E-state index contributed by atoms with van der Waals surface area (Å²) in [6, 6.07) is 6.58. The first kappa shape index (κ1) is 15.5. The lowest BCUT2D eigenvalue weighted by Crippen LogP contribution is -2.34. The summed E-state index contributed by atoms with van der Waals surface area (Å²) in [5.41, 5.74) is 1.29. The molecule has 0 saturated heterocycles. The van der Waals surface area contributed by atoms with E-state index in [1.54, 1.807) is 24.3 Å². The van der Waals surface area contributed by atoms with E-state index in [0.29, 0.717) is 23.7 Å². The Balaban J connectivity index is 1.75. The van der Waals surface area contributed by atoms with Crippen molar-refractivity contribution in [1.82, 2.24) is 5.32 Å². The lowest BCUT2D eigenvalue weighted by Gasteiger charge is -2.25. The quantitative estimate of drug-likeness (QED) is 0.746. The third kappa shape index (κ3) is 4.86. The normalized spacial score (nSPS) is 21.6. The molecule has 1 aliphatic carbocycles. The predicted molar refractivity (Wildman–Crippen MR) is 81.4 cm³/mol. The van der Waals surface area contributed by atoms with Crippen LogP contribution in [0, 0.1) is 5.92 Å². The Bertz CT molecular complexity index is 491. The maximum atomic E-state index is 11.8. The summed E-state index contributed by atoms with van der Waals surface area (Å²) in [5, 5.41) is 15.0. The van der Waals surface area contributed by atoms with E-state index < -0.39 is 0 Å². The molecule has 1 aliphatic rings. The van der Waals surface area contributed by atoms with Gasteiger partial charge in [0.2, 0.25) is 0 Å². The van der Waals surface area contributed by atoms with Crippen LogP contribution in [0.2, 0.25) is 0 Å². The van der Waals surface area contributed by atoms with Crippen molar-refractivity contribution < 1.29 is 14.7 Å². The monoisotopic (exact) mass is 290 g/mol. The third-order valence-electron chi connectivity index (χ3n) is 3.92. The van der Waals surface area contributed by atoms with Gasteiger partial charge in [-0.2, -0.15) is 0 Å². The molecule has 2 amide bonds. The zero-order valence-corrected chi connectivity index (χ0v) is 12.3. The number of carbonyl (C=O) groups is 2. The van der Waals surface area contributed by atoms with Gasteiger partial charge in [-0.1, -0.05) is 0 Å². The van der Waals surface area contributed by atoms with Crippen molar-refractivity contribution in [2.45, 2.75) is 38.7 Å². The van der Waals surface area contributed by atoms with E-state index in [0.717, 1.165) is 25.7 Å². The number of ketones is 1. The molecule has 0 aliphatic heterocycles. The fourth-order valence-corrected chi connectivity index (χ4v) is 2.55. The van der Waals surface area contributed by atoms with Gasteiger partial charge in [-0.15, -0.1) is 0 Å². The maximum absolute atomic E-state index is 11.8. The summed E-state index contributed by atoms with van der Waals surface area (Å²) in [6.45, 7) is 2.14. The fraction of sp³-hybridized carbons (Fsp3) is 0.500. The number of carbonyl (C=O) groups excluding carboxylic acids is 2. The summed E-state index contributed by atoms with van der Waals surface area (Å²) >= 11 is 0. The molecular formula is C16H22N2O3. The van der Waals surface area contributed by atoms with Crippen LogP contribution in [0.15, 0.2) is 24.3 Å². The van der Waals surface area contributed by atoms with Crippen molar-refractivity contribution in [2.24, 2.45) is 5.92 Å². The molecule has 0 aromatic heterocycles. The van der Waals surface area contributed by atoms with Crippen LogP contribution in [0.5, 0.6) is 0 Å². The standard InChI is InChI=1S/C16H22N2O3/c1-11(19)13-4-6-14(7-5-13)18-16(21)17-10-12-2-8-15(20)9-3-12/h4-7,12,15,20H,2-3,8-10H2,1H3,(H2,17,18,21). The summed E-state index contributed by atoms with van der Waals surface area (Å²) < 4.78 is 0. The van der Waals surface area contributed by atoms with Gasteiger partial charge in [-0.05, 0) is 62.8 Å². The van der Waals surface area contributed by atoms with Gasteiger partial charge in [0.05, 0.1) is 6.10 Å². The average Bonchev–Trinajstić information content (AvgIpc) is 2.47. The van der Waals surface area contributed by atoms with Gasteiger partial charge < -0.3 is 15.7 Å². The van der Waals surface area contributed by atoms with E-state index in [2.05, 4.69) is 10.6 Å². The molecule has 5 nitrogen and oxygen atoms in total. The first-order chi connectivity index (χ1) is 10.0. The van der Waals surface area contributed by atoms with Gasteiger partial charge in [-0.3, -0.25) is 4.79 Å². The van der Waals surface area contributed by atoms with Gasteiger partial charge in [0, 0.05) is 17.8 Å². The second kappa shape index (κ2) is 7.22.